The number of aromatic carboxylic acids is 1. The van der Waals surface area contributed by atoms with Crippen molar-refractivity contribution in [2.75, 3.05) is 5.32 Å². The van der Waals surface area contributed by atoms with Crippen LogP contribution < -0.4 is 16.0 Å². The zero-order valence-electron chi connectivity index (χ0n) is 9.43. The second-order valence-electron chi connectivity index (χ2n) is 3.58. The Morgan fingerprint density at radius 3 is 2.50 bits per heavy atom. The number of H-pyrrole nitrogens is 1. The Morgan fingerprint density at radius 1 is 1.28 bits per heavy atom. The van der Waals surface area contributed by atoms with Gasteiger partial charge in [-0.3, -0.25) is 9.78 Å². The first-order valence-corrected chi connectivity index (χ1v) is 5.08. The molecule has 92 valence electrons. The van der Waals surface area contributed by atoms with Crippen LogP contribution in [0.2, 0.25) is 0 Å². The van der Waals surface area contributed by atoms with Crippen molar-refractivity contribution in [3.05, 3.63) is 45.9 Å². The van der Waals surface area contributed by atoms with E-state index < -0.39 is 5.97 Å². The lowest BCUT2D eigenvalue weighted by atomic mass is 10.2. The zero-order valence-corrected chi connectivity index (χ0v) is 9.43. The summed E-state index contributed by atoms with van der Waals surface area (Å²) in [5.74, 6) is -1.06. The summed E-state index contributed by atoms with van der Waals surface area (Å²) in [5.41, 5.74) is 0.588. The quantitative estimate of drug-likeness (QED) is 0.759. The van der Waals surface area contributed by atoms with Crippen LogP contribution in [-0.4, -0.2) is 21.2 Å². The van der Waals surface area contributed by atoms with Crippen LogP contribution in [0.4, 0.5) is 11.6 Å². The van der Waals surface area contributed by atoms with Crippen LogP contribution in [0, 0.1) is 6.92 Å². The first kappa shape index (κ1) is 11.8. The maximum absolute atomic E-state index is 11.3. The average molecular weight is 245 g/mol. The summed E-state index contributed by atoms with van der Waals surface area (Å²) in [5, 5.41) is 20.8. The molecule has 18 heavy (non-hydrogen) atoms. The van der Waals surface area contributed by atoms with Crippen molar-refractivity contribution in [2.24, 2.45) is 0 Å². The molecule has 0 atom stereocenters. The maximum atomic E-state index is 11.3. The fourth-order valence-corrected chi connectivity index (χ4v) is 1.28. The molecule has 0 saturated heterocycles. The Morgan fingerprint density at radius 2 is 1.94 bits per heavy atom. The smallest absolute Gasteiger partial charge is 0.273 e. The molecule has 2 aromatic rings. The van der Waals surface area contributed by atoms with Crippen molar-refractivity contribution in [1.29, 1.82) is 0 Å². The topological polar surface area (TPSA) is 111 Å². The van der Waals surface area contributed by atoms with Crippen LogP contribution in [0.1, 0.15) is 16.1 Å². The molecule has 0 spiro atoms. The second-order valence-corrected chi connectivity index (χ2v) is 3.58. The number of rotatable bonds is 3. The van der Waals surface area contributed by atoms with Gasteiger partial charge >= 0.3 is 0 Å². The van der Waals surface area contributed by atoms with Crippen molar-refractivity contribution in [3.63, 3.8) is 0 Å². The van der Waals surface area contributed by atoms with Gasteiger partial charge in [0.15, 0.2) is 0 Å². The number of aromatic nitrogens is 3. The largest absolute Gasteiger partial charge is 0.545 e. The number of hydrogen-bond acceptors (Lipinski definition) is 6. The molecular weight excluding hydrogens is 236 g/mol. The van der Waals surface area contributed by atoms with Gasteiger partial charge in [-0.2, -0.15) is 0 Å². The van der Waals surface area contributed by atoms with Gasteiger partial charge in [0, 0.05) is 5.69 Å². The molecular formula is C11H9N4O3-. The van der Waals surface area contributed by atoms with Gasteiger partial charge in [-0.05, 0) is 24.6 Å². The molecule has 0 radical (unpaired) electrons. The van der Waals surface area contributed by atoms with Crippen LogP contribution in [0.3, 0.4) is 0 Å². The molecule has 0 amide bonds. The minimum atomic E-state index is -1.25. The molecule has 1 aromatic heterocycles. The number of aryl methyl sites for hydroxylation is 1. The number of nitrogens with one attached hydrogen (secondary N) is 2. The molecule has 0 aliphatic heterocycles. The zero-order chi connectivity index (χ0) is 13.1. The van der Waals surface area contributed by atoms with E-state index in [4.69, 9.17) is 0 Å². The highest BCUT2D eigenvalue weighted by Crippen LogP contribution is 2.12. The minimum absolute atomic E-state index is 0.0732. The van der Waals surface area contributed by atoms with Gasteiger partial charge in [-0.25, -0.2) is 0 Å². The number of aromatic amines is 1. The fraction of sp³-hybridized carbons (Fsp3) is 0.0909. The van der Waals surface area contributed by atoms with Gasteiger partial charge in [0.2, 0.25) is 5.95 Å². The summed E-state index contributed by atoms with van der Waals surface area (Å²) >= 11 is 0. The molecule has 0 aliphatic carbocycles. The number of hydrogen-bond donors (Lipinski definition) is 2. The summed E-state index contributed by atoms with van der Waals surface area (Å²) in [7, 11) is 0. The lowest BCUT2D eigenvalue weighted by molar-refractivity contribution is -0.255. The molecule has 0 fully saturated rings. The number of benzene rings is 1. The van der Waals surface area contributed by atoms with E-state index in [1.54, 1.807) is 6.92 Å². The molecule has 2 N–H and O–H groups in total. The molecule has 2 rings (SSSR count). The predicted octanol–water partition coefficient (Wildman–Crippen LogP) is -0.420. The summed E-state index contributed by atoms with van der Waals surface area (Å²) in [4.78, 5) is 24.3. The standard InChI is InChI=1S/C11H10N4O3/c1-6-9(16)13-11(15-14-6)12-8-4-2-7(3-5-8)10(17)18/h2-5H,1H3,(H,17,18)(H2,12,13,15,16)/p-1. The monoisotopic (exact) mass is 245 g/mol. The van der Waals surface area contributed by atoms with Gasteiger partial charge in [-0.1, -0.05) is 12.1 Å². The highest BCUT2D eigenvalue weighted by atomic mass is 16.4. The summed E-state index contributed by atoms with van der Waals surface area (Å²) in [6.07, 6.45) is 0. The molecule has 7 nitrogen and oxygen atoms in total. The third-order valence-corrected chi connectivity index (χ3v) is 2.24. The van der Waals surface area contributed by atoms with E-state index in [-0.39, 0.29) is 22.8 Å². The second kappa shape index (κ2) is 4.66. The first-order chi connectivity index (χ1) is 8.56. The third-order valence-electron chi connectivity index (χ3n) is 2.24. The van der Waals surface area contributed by atoms with E-state index in [2.05, 4.69) is 20.5 Å². The molecule has 1 aromatic carbocycles. The van der Waals surface area contributed by atoms with Crippen molar-refractivity contribution in [3.8, 4) is 0 Å². The van der Waals surface area contributed by atoms with Gasteiger partial charge < -0.3 is 15.2 Å². The molecule has 0 saturated carbocycles. The average Bonchev–Trinajstić information content (AvgIpc) is 2.34. The fourth-order valence-electron chi connectivity index (χ4n) is 1.28. The van der Waals surface area contributed by atoms with Crippen molar-refractivity contribution < 1.29 is 9.90 Å². The Labute approximate surface area is 102 Å². The summed E-state index contributed by atoms with van der Waals surface area (Å²) < 4.78 is 0. The Kier molecular flexibility index (Phi) is 3.05. The predicted molar refractivity (Wildman–Crippen MR) is 61.4 cm³/mol. The number of anilines is 2. The van der Waals surface area contributed by atoms with Crippen molar-refractivity contribution in [1.82, 2.24) is 15.2 Å². The van der Waals surface area contributed by atoms with E-state index in [0.717, 1.165) is 0 Å². The number of carboxylic acids is 1. The Bertz CT molecular complexity index is 633. The van der Waals surface area contributed by atoms with Crippen LogP contribution >= 0.6 is 0 Å². The van der Waals surface area contributed by atoms with Crippen LogP contribution in [-0.2, 0) is 0 Å². The van der Waals surface area contributed by atoms with E-state index >= 15 is 0 Å². The lowest BCUT2D eigenvalue weighted by Gasteiger charge is -2.06. The summed E-state index contributed by atoms with van der Waals surface area (Å²) in [6, 6.07) is 5.84. The normalized spacial score (nSPS) is 10.1. The molecule has 0 unspecified atom stereocenters. The highest BCUT2D eigenvalue weighted by molar-refractivity contribution is 5.86. The summed E-state index contributed by atoms with van der Waals surface area (Å²) in [6.45, 7) is 1.55. The van der Waals surface area contributed by atoms with Crippen LogP contribution in [0.15, 0.2) is 29.1 Å². The first-order valence-electron chi connectivity index (χ1n) is 5.08. The van der Waals surface area contributed by atoms with E-state index in [9.17, 15) is 14.7 Å². The molecule has 0 aliphatic rings. The number of carboxylic acid groups (broad SMARTS) is 1. The minimum Gasteiger partial charge on any atom is -0.545 e. The van der Waals surface area contributed by atoms with E-state index in [1.807, 2.05) is 0 Å². The number of carbonyl (C=O) groups is 1. The van der Waals surface area contributed by atoms with Gasteiger partial charge in [-0.15, -0.1) is 10.2 Å². The third kappa shape index (κ3) is 2.51. The molecule has 1 heterocycles. The van der Waals surface area contributed by atoms with E-state index in [0.29, 0.717) is 5.69 Å². The van der Waals surface area contributed by atoms with Crippen molar-refractivity contribution >= 4 is 17.6 Å². The molecule has 7 heteroatoms. The SMILES string of the molecule is Cc1nnc(Nc2ccc(C(=O)[O-])cc2)[nH]c1=O. The highest BCUT2D eigenvalue weighted by Gasteiger charge is 2.01. The number of carbonyl (C=O) groups excluding carboxylic acids is 1. The van der Waals surface area contributed by atoms with Crippen LogP contribution in [0.25, 0.3) is 0 Å². The van der Waals surface area contributed by atoms with Gasteiger partial charge in [0.1, 0.15) is 5.69 Å². The number of nitrogens with zero attached hydrogens (tertiary/aromatic N) is 2. The molecule has 0 bridgehead atoms. The van der Waals surface area contributed by atoms with Gasteiger partial charge in [0.05, 0.1) is 5.97 Å². The Hall–Kier alpha value is -2.70. The van der Waals surface area contributed by atoms with Crippen LogP contribution in [0.5, 0.6) is 0 Å². The van der Waals surface area contributed by atoms with Gasteiger partial charge in [0.25, 0.3) is 5.56 Å². The van der Waals surface area contributed by atoms with E-state index in [1.165, 1.54) is 24.3 Å². The Balaban J connectivity index is 2.20. The maximum Gasteiger partial charge on any atom is 0.273 e. The lowest BCUT2D eigenvalue weighted by Crippen LogP contribution is -2.22. The van der Waals surface area contributed by atoms with Crippen molar-refractivity contribution in [2.45, 2.75) is 6.92 Å².